The molecule has 1 aliphatic heterocycles. The number of aromatic hydroxyl groups is 1. The van der Waals surface area contributed by atoms with E-state index in [0.717, 1.165) is 30.7 Å². The SMILES string of the molecule is COc1ccc2c(c1)CCCN(C(=O)N[C@@H](C)c1cccc(O)c1)C2. The number of hydrogen-bond acceptors (Lipinski definition) is 3. The van der Waals surface area contributed by atoms with Crippen LogP contribution in [0.15, 0.2) is 42.5 Å². The number of urea groups is 1. The topological polar surface area (TPSA) is 61.8 Å². The predicted octanol–water partition coefficient (Wildman–Crippen LogP) is 3.62. The molecule has 0 bridgehead atoms. The first-order chi connectivity index (χ1) is 12.1. The average Bonchev–Trinajstić information content (AvgIpc) is 2.83. The first-order valence-electron chi connectivity index (χ1n) is 8.57. The molecule has 0 spiro atoms. The van der Waals surface area contributed by atoms with Crippen LogP contribution in [0, 0.1) is 0 Å². The van der Waals surface area contributed by atoms with E-state index in [1.165, 1.54) is 11.1 Å². The summed E-state index contributed by atoms with van der Waals surface area (Å²) in [5, 5.41) is 12.6. The number of phenols is 1. The summed E-state index contributed by atoms with van der Waals surface area (Å²) in [6, 6.07) is 12.8. The molecule has 1 heterocycles. The smallest absolute Gasteiger partial charge is 0.318 e. The standard InChI is InChI=1S/C20H24N2O3/c1-14(15-5-3-7-18(23)11-15)21-20(24)22-10-4-6-16-12-19(25-2)9-8-17(16)13-22/h3,5,7-9,11-12,14,23H,4,6,10,13H2,1-2H3,(H,21,24)/t14-/m0/s1. The highest BCUT2D eigenvalue weighted by molar-refractivity contribution is 5.75. The summed E-state index contributed by atoms with van der Waals surface area (Å²) in [6.07, 6.45) is 1.87. The maximum Gasteiger partial charge on any atom is 0.318 e. The molecule has 3 rings (SSSR count). The molecule has 132 valence electrons. The van der Waals surface area contributed by atoms with Gasteiger partial charge in [-0.25, -0.2) is 4.79 Å². The van der Waals surface area contributed by atoms with Crippen molar-refractivity contribution in [3.63, 3.8) is 0 Å². The van der Waals surface area contributed by atoms with E-state index < -0.39 is 0 Å². The quantitative estimate of drug-likeness (QED) is 0.897. The number of methoxy groups -OCH3 is 1. The van der Waals surface area contributed by atoms with Crippen molar-refractivity contribution < 1.29 is 14.6 Å². The largest absolute Gasteiger partial charge is 0.508 e. The molecular weight excluding hydrogens is 316 g/mol. The Kier molecular flexibility index (Phi) is 5.12. The van der Waals surface area contributed by atoms with Gasteiger partial charge >= 0.3 is 6.03 Å². The highest BCUT2D eigenvalue weighted by atomic mass is 16.5. The van der Waals surface area contributed by atoms with E-state index >= 15 is 0 Å². The van der Waals surface area contributed by atoms with Gasteiger partial charge in [0.05, 0.1) is 13.2 Å². The third-order valence-corrected chi connectivity index (χ3v) is 4.65. The fraction of sp³-hybridized carbons (Fsp3) is 0.350. The lowest BCUT2D eigenvalue weighted by atomic mass is 10.0. The number of phenolic OH excluding ortho intramolecular Hbond substituents is 1. The van der Waals surface area contributed by atoms with Gasteiger partial charge in [-0.05, 0) is 60.7 Å². The molecule has 2 amide bonds. The van der Waals surface area contributed by atoms with Gasteiger partial charge in [0.1, 0.15) is 11.5 Å². The molecule has 1 atom stereocenters. The van der Waals surface area contributed by atoms with Crippen LogP contribution in [0.2, 0.25) is 0 Å². The molecule has 0 aliphatic carbocycles. The van der Waals surface area contributed by atoms with Crippen LogP contribution in [0.1, 0.15) is 36.1 Å². The van der Waals surface area contributed by atoms with E-state index in [1.54, 1.807) is 25.3 Å². The number of benzene rings is 2. The summed E-state index contributed by atoms with van der Waals surface area (Å²) in [4.78, 5) is 14.5. The molecule has 0 saturated heterocycles. The second-order valence-corrected chi connectivity index (χ2v) is 6.43. The van der Waals surface area contributed by atoms with Gasteiger partial charge in [0.25, 0.3) is 0 Å². The van der Waals surface area contributed by atoms with Crippen molar-refractivity contribution in [2.75, 3.05) is 13.7 Å². The Morgan fingerprint density at radius 3 is 2.84 bits per heavy atom. The Morgan fingerprint density at radius 2 is 2.08 bits per heavy atom. The Bertz CT molecular complexity index is 760. The lowest BCUT2D eigenvalue weighted by Crippen LogP contribution is -2.40. The zero-order valence-electron chi connectivity index (χ0n) is 14.7. The van der Waals surface area contributed by atoms with Crippen LogP contribution in [0.25, 0.3) is 0 Å². The molecule has 0 radical (unpaired) electrons. The molecule has 2 aromatic rings. The van der Waals surface area contributed by atoms with Gasteiger partial charge in [0.2, 0.25) is 0 Å². The summed E-state index contributed by atoms with van der Waals surface area (Å²) in [7, 11) is 1.67. The number of carbonyl (C=O) groups excluding carboxylic acids is 1. The summed E-state index contributed by atoms with van der Waals surface area (Å²) in [5.74, 6) is 1.06. The van der Waals surface area contributed by atoms with Gasteiger partial charge in [-0.2, -0.15) is 0 Å². The highest BCUT2D eigenvalue weighted by Crippen LogP contribution is 2.24. The summed E-state index contributed by atoms with van der Waals surface area (Å²) >= 11 is 0. The molecule has 0 fully saturated rings. The fourth-order valence-electron chi connectivity index (χ4n) is 3.19. The van der Waals surface area contributed by atoms with Gasteiger partial charge in [-0.3, -0.25) is 0 Å². The van der Waals surface area contributed by atoms with E-state index in [9.17, 15) is 9.90 Å². The van der Waals surface area contributed by atoms with Crippen LogP contribution in [0.5, 0.6) is 11.5 Å². The van der Waals surface area contributed by atoms with E-state index in [0.29, 0.717) is 6.54 Å². The van der Waals surface area contributed by atoms with Crippen LogP contribution in [-0.4, -0.2) is 29.7 Å². The van der Waals surface area contributed by atoms with Crippen molar-refractivity contribution in [3.05, 3.63) is 59.2 Å². The van der Waals surface area contributed by atoms with Crippen molar-refractivity contribution in [1.29, 1.82) is 0 Å². The Labute approximate surface area is 148 Å². The average molecular weight is 340 g/mol. The number of nitrogens with zero attached hydrogens (tertiary/aromatic N) is 1. The number of amides is 2. The maximum atomic E-state index is 12.7. The lowest BCUT2D eigenvalue weighted by Gasteiger charge is -2.24. The number of hydrogen-bond donors (Lipinski definition) is 2. The van der Waals surface area contributed by atoms with Crippen LogP contribution in [0.4, 0.5) is 4.79 Å². The molecule has 1 aliphatic rings. The minimum Gasteiger partial charge on any atom is -0.508 e. The predicted molar refractivity (Wildman–Crippen MR) is 96.8 cm³/mol. The van der Waals surface area contributed by atoms with Gasteiger partial charge < -0.3 is 20.1 Å². The first kappa shape index (κ1) is 17.1. The number of ether oxygens (including phenoxy) is 1. The second kappa shape index (κ2) is 7.47. The molecule has 0 aromatic heterocycles. The molecule has 0 saturated carbocycles. The summed E-state index contributed by atoms with van der Waals surface area (Å²) in [5.41, 5.74) is 3.29. The van der Waals surface area contributed by atoms with Crippen LogP contribution in [-0.2, 0) is 13.0 Å². The van der Waals surface area contributed by atoms with Crippen molar-refractivity contribution in [1.82, 2.24) is 10.2 Å². The highest BCUT2D eigenvalue weighted by Gasteiger charge is 2.21. The zero-order valence-corrected chi connectivity index (χ0v) is 14.7. The van der Waals surface area contributed by atoms with Gasteiger partial charge in [0, 0.05) is 13.1 Å². The van der Waals surface area contributed by atoms with Gasteiger partial charge in [0.15, 0.2) is 0 Å². The molecule has 5 nitrogen and oxygen atoms in total. The minimum atomic E-state index is -0.168. The van der Waals surface area contributed by atoms with E-state index in [2.05, 4.69) is 11.4 Å². The molecule has 2 aromatic carbocycles. The first-order valence-corrected chi connectivity index (χ1v) is 8.57. The fourth-order valence-corrected chi connectivity index (χ4v) is 3.19. The normalized spacial score (nSPS) is 15.0. The Morgan fingerprint density at radius 1 is 1.24 bits per heavy atom. The molecule has 0 unspecified atom stereocenters. The Hall–Kier alpha value is -2.69. The van der Waals surface area contributed by atoms with Crippen molar-refractivity contribution in [2.45, 2.75) is 32.4 Å². The van der Waals surface area contributed by atoms with Crippen molar-refractivity contribution in [2.24, 2.45) is 0 Å². The molecule has 2 N–H and O–H groups in total. The number of aryl methyl sites for hydroxylation is 1. The maximum absolute atomic E-state index is 12.7. The van der Waals surface area contributed by atoms with Crippen LogP contribution >= 0.6 is 0 Å². The number of rotatable bonds is 3. The number of nitrogens with one attached hydrogen (secondary N) is 1. The minimum absolute atomic E-state index is 0.0838. The second-order valence-electron chi connectivity index (χ2n) is 6.43. The van der Waals surface area contributed by atoms with E-state index in [4.69, 9.17) is 4.74 Å². The Balaban J connectivity index is 1.69. The lowest BCUT2D eigenvalue weighted by molar-refractivity contribution is 0.192. The third-order valence-electron chi connectivity index (χ3n) is 4.65. The van der Waals surface area contributed by atoms with Crippen LogP contribution < -0.4 is 10.1 Å². The number of fused-ring (bicyclic) bond motifs is 1. The summed E-state index contributed by atoms with van der Waals surface area (Å²) < 4.78 is 5.29. The number of carbonyl (C=O) groups is 1. The zero-order chi connectivity index (χ0) is 17.8. The van der Waals surface area contributed by atoms with Crippen molar-refractivity contribution >= 4 is 6.03 Å². The van der Waals surface area contributed by atoms with Gasteiger partial charge in [-0.15, -0.1) is 0 Å². The molecular formula is C20H24N2O3. The molecule has 25 heavy (non-hydrogen) atoms. The van der Waals surface area contributed by atoms with Crippen molar-refractivity contribution in [3.8, 4) is 11.5 Å². The summed E-state index contributed by atoms with van der Waals surface area (Å²) in [6.45, 7) is 3.23. The van der Waals surface area contributed by atoms with E-state index in [1.807, 2.05) is 30.0 Å². The molecule has 5 heteroatoms. The van der Waals surface area contributed by atoms with Gasteiger partial charge in [-0.1, -0.05) is 18.2 Å². The monoisotopic (exact) mass is 340 g/mol. The van der Waals surface area contributed by atoms with E-state index in [-0.39, 0.29) is 17.8 Å². The van der Waals surface area contributed by atoms with Crippen LogP contribution in [0.3, 0.4) is 0 Å². The third kappa shape index (κ3) is 4.05.